The molecule has 0 unspecified atom stereocenters. The van der Waals surface area contributed by atoms with Crippen LogP contribution in [0.25, 0.3) is 0 Å². The maximum atomic E-state index is 12.6. The minimum atomic E-state index is -6.00. The molecule has 0 saturated heterocycles. The van der Waals surface area contributed by atoms with Gasteiger partial charge < -0.3 is 13.7 Å². The van der Waals surface area contributed by atoms with Crippen molar-refractivity contribution in [2.24, 2.45) is 0 Å². The Morgan fingerprint density at radius 2 is 1.76 bits per heavy atom. The van der Waals surface area contributed by atoms with Gasteiger partial charge >= 0.3 is 15.6 Å². The van der Waals surface area contributed by atoms with E-state index in [4.69, 9.17) is 21.1 Å². The van der Waals surface area contributed by atoms with Crippen molar-refractivity contribution in [3.63, 3.8) is 0 Å². The molecule has 0 radical (unpaired) electrons. The van der Waals surface area contributed by atoms with Gasteiger partial charge in [0.25, 0.3) is 0 Å². The Labute approximate surface area is 170 Å². The second-order valence-electron chi connectivity index (χ2n) is 5.66. The van der Waals surface area contributed by atoms with E-state index in [2.05, 4.69) is 4.18 Å². The maximum absolute atomic E-state index is 12.6. The summed E-state index contributed by atoms with van der Waals surface area (Å²) in [6, 6.07) is 11.4. The van der Waals surface area contributed by atoms with Gasteiger partial charge in [-0.2, -0.15) is 21.6 Å². The maximum Gasteiger partial charge on any atom is 0.534 e. The number of rotatable bonds is 10. The summed E-state index contributed by atoms with van der Waals surface area (Å²) in [6.07, 6.45) is 0.449. The standard InChI is InChI=1S/C18H16ClF3O6S/c19-15-9-14(11-23)17(28-29(24,25)18(20,21)22)16(10-15)27-8-4-7-26-12-13-5-2-1-3-6-13/h1-3,5-6,9-11H,4,7-8,12H2. The fourth-order valence-corrected chi connectivity index (χ4v) is 2.85. The summed E-state index contributed by atoms with van der Waals surface area (Å²) >= 11 is 5.80. The average molecular weight is 453 g/mol. The lowest BCUT2D eigenvalue weighted by atomic mass is 10.2. The van der Waals surface area contributed by atoms with E-state index in [0.29, 0.717) is 13.0 Å². The first-order chi connectivity index (χ1) is 13.6. The largest absolute Gasteiger partial charge is 0.534 e. The molecule has 11 heteroatoms. The highest BCUT2D eigenvalue weighted by Crippen LogP contribution is 2.37. The minimum absolute atomic E-state index is 0.0424. The van der Waals surface area contributed by atoms with Crippen molar-refractivity contribution >= 4 is 28.0 Å². The molecule has 0 saturated carbocycles. The molecule has 0 atom stereocenters. The second-order valence-corrected chi connectivity index (χ2v) is 7.64. The number of alkyl halides is 3. The topological polar surface area (TPSA) is 78.9 Å². The molecule has 0 bridgehead atoms. The Balaban J connectivity index is 2.02. The third kappa shape index (κ3) is 6.62. The molecule has 2 aromatic carbocycles. The van der Waals surface area contributed by atoms with Crippen molar-refractivity contribution in [2.75, 3.05) is 13.2 Å². The lowest BCUT2D eigenvalue weighted by Crippen LogP contribution is -2.28. The van der Waals surface area contributed by atoms with Gasteiger partial charge in [0.2, 0.25) is 0 Å². The van der Waals surface area contributed by atoms with Crippen LogP contribution in [-0.4, -0.2) is 33.4 Å². The third-order valence-electron chi connectivity index (χ3n) is 3.45. The normalized spacial score (nSPS) is 11.9. The van der Waals surface area contributed by atoms with Crippen LogP contribution < -0.4 is 8.92 Å². The molecule has 0 aliphatic rings. The molecule has 158 valence electrons. The van der Waals surface area contributed by atoms with E-state index >= 15 is 0 Å². The Morgan fingerprint density at radius 3 is 2.38 bits per heavy atom. The van der Waals surface area contributed by atoms with E-state index in [9.17, 15) is 26.4 Å². The van der Waals surface area contributed by atoms with Crippen molar-refractivity contribution in [1.29, 1.82) is 0 Å². The van der Waals surface area contributed by atoms with Crippen molar-refractivity contribution in [3.05, 3.63) is 58.6 Å². The molecule has 0 aliphatic heterocycles. The number of hydrogen-bond acceptors (Lipinski definition) is 6. The van der Waals surface area contributed by atoms with Crippen LogP contribution in [0.3, 0.4) is 0 Å². The van der Waals surface area contributed by atoms with Crippen LogP contribution in [0.5, 0.6) is 11.5 Å². The van der Waals surface area contributed by atoms with Gasteiger partial charge in [0.05, 0.1) is 25.4 Å². The molecule has 0 fully saturated rings. The van der Waals surface area contributed by atoms with Gasteiger partial charge in [0.15, 0.2) is 17.8 Å². The number of carbonyl (C=O) groups is 1. The zero-order valence-corrected chi connectivity index (χ0v) is 16.4. The van der Waals surface area contributed by atoms with Crippen molar-refractivity contribution in [1.82, 2.24) is 0 Å². The van der Waals surface area contributed by atoms with Crippen molar-refractivity contribution < 1.29 is 40.0 Å². The van der Waals surface area contributed by atoms with Gasteiger partial charge in [0.1, 0.15) is 0 Å². The Hall–Kier alpha value is -2.30. The fourth-order valence-electron chi connectivity index (χ4n) is 2.14. The van der Waals surface area contributed by atoms with Crippen LogP contribution in [-0.2, 0) is 21.5 Å². The highest BCUT2D eigenvalue weighted by Gasteiger charge is 2.49. The van der Waals surface area contributed by atoms with Gasteiger partial charge in [-0.1, -0.05) is 41.9 Å². The van der Waals surface area contributed by atoms with Crippen LogP contribution in [0, 0.1) is 0 Å². The Bertz CT molecular complexity index is 933. The van der Waals surface area contributed by atoms with E-state index in [-0.39, 0.29) is 24.5 Å². The van der Waals surface area contributed by atoms with E-state index in [0.717, 1.165) is 17.7 Å². The summed E-state index contributed by atoms with van der Waals surface area (Å²) in [7, 11) is -6.00. The van der Waals surface area contributed by atoms with Gasteiger partial charge in [-0.05, 0) is 11.6 Å². The van der Waals surface area contributed by atoms with E-state index < -0.39 is 32.7 Å². The zero-order valence-electron chi connectivity index (χ0n) is 14.8. The summed E-state index contributed by atoms with van der Waals surface area (Å²) in [4.78, 5) is 11.1. The molecule has 0 N–H and O–H groups in total. The van der Waals surface area contributed by atoms with Crippen LogP contribution in [0.4, 0.5) is 13.2 Å². The summed E-state index contributed by atoms with van der Waals surface area (Å²) in [5.41, 5.74) is -5.21. The summed E-state index contributed by atoms with van der Waals surface area (Å²) < 4.78 is 75.3. The number of halogens is 4. The molecule has 29 heavy (non-hydrogen) atoms. The second kappa shape index (κ2) is 9.95. The quantitative estimate of drug-likeness (QED) is 0.230. The van der Waals surface area contributed by atoms with E-state index in [1.165, 1.54) is 0 Å². The molecule has 0 amide bonds. The lowest BCUT2D eigenvalue weighted by molar-refractivity contribution is -0.0500. The van der Waals surface area contributed by atoms with Gasteiger partial charge in [-0.3, -0.25) is 4.79 Å². The molecule has 6 nitrogen and oxygen atoms in total. The molecule has 2 rings (SSSR count). The number of benzene rings is 2. The number of carbonyl (C=O) groups excluding carboxylic acids is 1. The fraction of sp³-hybridized carbons (Fsp3) is 0.278. The number of hydrogen-bond donors (Lipinski definition) is 0. The predicted molar refractivity (Wildman–Crippen MR) is 98.7 cm³/mol. The number of aldehydes is 1. The van der Waals surface area contributed by atoms with Crippen molar-refractivity contribution in [3.8, 4) is 11.5 Å². The van der Waals surface area contributed by atoms with Gasteiger partial charge in [-0.25, -0.2) is 0 Å². The third-order valence-corrected chi connectivity index (χ3v) is 4.63. The summed E-state index contributed by atoms with van der Waals surface area (Å²) in [5, 5.41) is -0.0424. The molecular weight excluding hydrogens is 437 g/mol. The molecule has 0 aromatic heterocycles. The van der Waals surface area contributed by atoms with Crippen LogP contribution in [0.1, 0.15) is 22.3 Å². The Morgan fingerprint density at radius 1 is 1.07 bits per heavy atom. The lowest BCUT2D eigenvalue weighted by Gasteiger charge is -2.15. The first kappa shape index (κ1) is 23.0. The molecular formula is C18H16ClF3O6S. The first-order valence-corrected chi connectivity index (χ1v) is 9.96. The summed E-state index contributed by atoms with van der Waals surface area (Å²) in [6.45, 7) is 0.592. The number of ether oxygens (including phenoxy) is 2. The van der Waals surface area contributed by atoms with Crippen molar-refractivity contribution in [2.45, 2.75) is 18.5 Å². The molecule has 2 aromatic rings. The average Bonchev–Trinajstić information content (AvgIpc) is 2.66. The van der Waals surface area contributed by atoms with Gasteiger partial charge in [-0.15, -0.1) is 0 Å². The minimum Gasteiger partial charge on any atom is -0.489 e. The predicted octanol–water partition coefficient (Wildman–Crippen LogP) is 4.37. The summed E-state index contributed by atoms with van der Waals surface area (Å²) in [5.74, 6) is -1.29. The van der Waals surface area contributed by atoms with Gasteiger partial charge in [0, 0.05) is 17.5 Å². The molecule has 0 aliphatic carbocycles. The molecule has 0 spiro atoms. The van der Waals surface area contributed by atoms with E-state index in [1.807, 2.05) is 30.3 Å². The monoisotopic (exact) mass is 452 g/mol. The highest BCUT2D eigenvalue weighted by molar-refractivity contribution is 7.88. The van der Waals surface area contributed by atoms with E-state index in [1.54, 1.807) is 0 Å². The van der Waals surface area contributed by atoms with Crippen LogP contribution in [0.2, 0.25) is 5.02 Å². The van der Waals surface area contributed by atoms with Crippen LogP contribution in [0.15, 0.2) is 42.5 Å². The highest BCUT2D eigenvalue weighted by atomic mass is 35.5. The van der Waals surface area contributed by atoms with Crippen LogP contribution >= 0.6 is 11.6 Å². The smallest absolute Gasteiger partial charge is 0.489 e. The SMILES string of the molecule is O=Cc1cc(Cl)cc(OCCCOCc2ccccc2)c1OS(=O)(=O)C(F)(F)F. The molecule has 0 heterocycles. The zero-order chi connectivity index (χ0) is 21.5. The first-order valence-electron chi connectivity index (χ1n) is 8.18. The Kier molecular flexibility index (Phi) is 7.88.